The van der Waals surface area contributed by atoms with Gasteiger partial charge in [0.15, 0.2) is 0 Å². The molecule has 0 spiro atoms. The van der Waals surface area contributed by atoms with Crippen LogP contribution in [0.1, 0.15) is 23.0 Å². The van der Waals surface area contributed by atoms with Crippen LogP contribution in [0.25, 0.3) is 0 Å². The summed E-state index contributed by atoms with van der Waals surface area (Å²) >= 11 is 7.72. The lowest BCUT2D eigenvalue weighted by molar-refractivity contribution is 0.0319. The highest BCUT2D eigenvalue weighted by molar-refractivity contribution is 7.16. The predicted octanol–water partition coefficient (Wildman–Crippen LogP) is 4.55. The van der Waals surface area contributed by atoms with E-state index in [-0.39, 0.29) is 6.10 Å². The fourth-order valence-electron chi connectivity index (χ4n) is 2.67. The molecule has 1 aromatic carbocycles. The third-order valence-electron chi connectivity index (χ3n) is 4.02. The molecular weight excluding hydrogens is 330 g/mol. The Bertz CT molecular complexity index is 608. The molecule has 1 aromatic heterocycles. The Morgan fingerprint density at radius 1 is 1.17 bits per heavy atom. The van der Waals surface area contributed by atoms with E-state index < -0.39 is 0 Å². The van der Waals surface area contributed by atoms with Gasteiger partial charge in [-0.05, 0) is 31.2 Å². The maximum atomic E-state index is 6.25. The molecule has 0 N–H and O–H groups in total. The van der Waals surface area contributed by atoms with E-state index in [1.165, 1.54) is 10.4 Å². The van der Waals surface area contributed by atoms with Crippen LogP contribution in [0.2, 0.25) is 4.34 Å². The average molecular weight is 352 g/mol. The molecule has 0 amide bonds. The second-order valence-electron chi connectivity index (χ2n) is 5.80. The van der Waals surface area contributed by atoms with E-state index >= 15 is 0 Å². The van der Waals surface area contributed by atoms with Crippen molar-refractivity contribution in [2.75, 3.05) is 32.8 Å². The van der Waals surface area contributed by atoms with E-state index in [2.05, 4.69) is 30.0 Å². The smallest absolute Gasteiger partial charge is 0.134 e. The summed E-state index contributed by atoms with van der Waals surface area (Å²) < 4.78 is 12.5. The van der Waals surface area contributed by atoms with Gasteiger partial charge in [0.1, 0.15) is 11.9 Å². The Hall–Kier alpha value is -1.07. The van der Waals surface area contributed by atoms with E-state index in [4.69, 9.17) is 21.1 Å². The fraction of sp³-hybridized carbons (Fsp3) is 0.444. The monoisotopic (exact) mass is 351 g/mol. The molecule has 0 radical (unpaired) electrons. The molecule has 3 nitrogen and oxygen atoms in total. The quantitative estimate of drug-likeness (QED) is 0.762. The van der Waals surface area contributed by atoms with Gasteiger partial charge in [-0.3, -0.25) is 4.90 Å². The van der Waals surface area contributed by atoms with Crippen molar-refractivity contribution in [2.24, 2.45) is 0 Å². The van der Waals surface area contributed by atoms with Gasteiger partial charge in [-0.2, -0.15) is 0 Å². The van der Waals surface area contributed by atoms with Gasteiger partial charge >= 0.3 is 0 Å². The SMILES string of the molecule is Cc1ccc(OC(CCN2CCOCC2)c2ccc(Cl)s2)cc1. The first kappa shape index (κ1) is 16.8. The zero-order valence-corrected chi connectivity index (χ0v) is 14.9. The van der Waals surface area contributed by atoms with E-state index in [9.17, 15) is 0 Å². The van der Waals surface area contributed by atoms with Crippen LogP contribution >= 0.6 is 22.9 Å². The lowest BCUT2D eigenvalue weighted by atomic mass is 10.2. The molecule has 2 aromatic rings. The first-order valence-corrected chi connectivity index (χ1v) is 9.19. The predicted molar refractivity (Wildman–Crippen MR) is 95.8 cm³/mol. The molecule has 1 aliphatic rings. The molecule has 124 valence electrons. The molecular formula is C18H22ClNO2S. The normalized spacial score (nSPS) is 17.1. The van der Waals surface area contributed by atoms with Gasteiger partial charge in [0.2, 0.25) is 0 Å². The van der Waals surface area contributed by atoms with Crippen molar-refractivity contribution in [1.29, 1.82) is 0 Å². The summed E-state index contributed by atoms with van der Waals surface area (Å²) in [6.45, 7) is 6.75. The van der Waals surface area contributed by atoms with Crippen LogP contribution in [0.4, 0.5) is 0 Å². The van der Waals surface area contributed by atoms with Crippen LogP contribution in [-0.4, -0.2) is 37.7 Å². The maximum absolute atomic E-state index is 6.25. The van der Waals surface area contributed by atoms with Gasteiger partial charge < -0.3 is 9.47 Å². The van der Waals surface area contributed by atoms with Crippen LogP contribution in [0.3, 0.4) is 0 Å². The largest absolute Gasteiger partial charge is 0.485 e. The van der Waals surface area contributed by atoms with Crippen LogP contribution in [0.15, 0.2) is 36.4 Å². The zero-order chi connectivity index (χ0) is 16.1. The Morgan fingerprint density at radius 3 is 2.57 bits per heavy atom. The van der Waals surface area contributed by atoms with Gasteiger partial charge in [0.25, 0.3) is 0 Å². The summed E-state index contributed by atoms with van der Waals surface area (Å²) in [6.07, 6.45) is 0.989. The molecule has 1 aliphatic heterocycles. The number of ether oxygens (including phenoxy) is 2. The molecule has 5 heteroatoms. The summed E-state index contributed by atoms with van der Waals surface area (Å²) in [6, 6.07) is 12.2. The minimum atomic E-state index is 0.0399. The van der Waals surface area contributed by atoms with Crippen molar-refractivity contribution in [3.05, 3.63) is 51.2 Å². The molecule has 1 saturated heterocycles. The minimum absolute atomic E-state index is 0.0399. The molecule has 1 atom stereocenters. The van der Waals surface area contributed by atoms with Crippen LogP contribution in [-0.2, 0) is 4.74 Å². The molecule has 0 bridgehead atoms. The van der Waals surface area contributed by atoms with Gasteiger partial charge in [0.05, 0.1) is 17.6 Å². The number of aryl methyl sites for hydroxylation is 1. The number of hydrogen-bond acceptors (Lipinski definition) is 4. The standard InChI is InChI=1S/C18H22ClNO2S/c1-14-2-4-15(5-3-14)22-16(17-6-7-18(19)23-17)8-9-20-10-12-21-13-11-20/h2-7,16H,8-13H2,1H3. The summed E-state index contributed by atoms with van der Waals surface area (Å²) in [7, 11) is 0. The number of benzene rings is 1. The second kappa shape index (κ2) is 8.15. The first-order chi connectivity index (χ1) is 11.2. The average Bonchev–Trinajstić information content (AvgIpc) is 3.00. The van der Waals surface area contributed by atoms with Gasteiger partial charge in [-0.1, -0.05) is 29.3 Å². The number of halogens is 1. The molecule has 0 aliphatic carbocycles. The van der Waals surface area contributed by atoms with E-state index in [1.807, 2.05) is 18.2 Å². The van der Waals surface area contributed by atoms with Gasteiger partial charge in [-0.15, -0.1) is 11.3 Å². The number of rotatable bonds is 6. The van der Waals surface area contributed by atoms with E-state index in [0.29, 0.717) is 0 Å². The highest BCUT2D eigenvalue weighted by Gasteiger charge is 2.19. The van der Waals surface area contributed by atoms with Crippen molar-refractivity contribution < 1.29 is 9.47 Å². The summed E-state index contributed by atoms with van der Waals surface area (Å²) in [5, 5.41) is 0. The molecule has 3 rings (SSSR count). The minimum Gasteiger partial charge on any atom is -0.485 e. The third kappa shape index (κ3) is 4.95. The topological polar surface area (TPSA) is 21.7 Å². The van der Waals surface area contributed by atoms with Gasteiger partial charge in [-0.25, -0.2) is 0 Å². The highest BCUT2D eigenvalue weighted by Crippen LogP contribution is 2.32. The van der Waals surface area contributed by atoms with Crippen LogP contribution in [0.5, 0.6) is 5.75 Å². The number of nitrogens with zero attached hydrogens (tertiary/aromatic N) is 1. The summed E-state index contributed by atoms with van der Waals surface area (Å²) in [4.78, 5) is 3.62. The molecule has 1 unspecified atom stereocenters. The van der Waals surface area contributed by atoms with Crippen molar-refractivity contribution in [1.82, 2.24) is 4.90 Å². The number of thiophene rings is 1. The molecule has 2 heterocycles. The van der Waals surface area contributed by atoms with Crippen molar-refractivity contribution in [2.45, 2.75) is 19.4 Å². The van der Waals surface area contributed by atoms with Crippen LogP contribution < -0.4 is 4.74 Å². The Kier molecular flexibility index (Phi) is 5.95. The maximum Gasteiger partial charge on any atom is 0.134 e. The molecule has 1 fully saturated rings. The number of morpholine rings is 1. The first-order valence-electron chi connectivity index (χ1n) is 7.99. The van der Waals surface area contributed by atoms with Crippen LogP contribution in [0, 0.1) is 6.92 Å². The number of hydrogen-bond donors (Lipinski definition) is 0. The second-order valence-corrected chi connectivity index (χ2v) is 7.55. The molecule has 0 saturated carbocycles. The Labute approximate surface area is 146 Å². The Morgan fingerprint density at radius 2 is 1.91 bits per heavy atom. The Balaban J connectivity index is 1.66. The van der Waals surface area contributed by atoms with Crippen molar-refractivity contribution in [3.63, 3.8) is 0 Å². The molecule has 23 heavy (non-hydrogen) atoms. The van der Waals surface area contributed by atoms with Gasteiger partial charge in [0, 0.05) is 30.9 Å². The third-order valence-corrected chi connectivity index (χ3v) is 5.35. The summed E-state index contributed by atoms with van der Waals surface area (Å²) in [5.74, 6) is 0.909. The van der Waals surface area contributed by atoms with Crippen molar-refractivity contribution >= 4 is 22.9 Å². The summed E-state index contributed by atoms with van der Waals surface area (Å²) in [5.41, 5.74) is 1.24. The van der Waals surface area contributed by atoms with E-state index in [1.54, 1.807) is 11.3 Å². The lowest BCUT2D eigenvalue weighted by Gasteiger charge is -2.28. The fourth-order valence-corrected chi connectivity index (χ4v) is 3.79. The van der Waals surface area contributed by atoms with E-state index in [0.717, 1.165) is 49.4 Å². The highest BCUT2D eigenvalue weighted by atomic mass is 35.5. The lowest BCUT2D eigenvalue weighted by Crippen LogP contribution is -2.37. The zero-order valence-electron chi connectivity index (χ0n) is 13.3. The van der Waals surface area contributed by atoms with Crippen molar-refractivity contribution in [3.8, 4) is 5.75 Å².